The molecule has 25 heavy (non-hydrogen) atoms. The van der Waals surface area contributed by atoms with E-state index in [4.69, 9.17) is 0 Å². The van der Waals surface area contributed by atoms with Gasteiger partial charge in [0.05, 0.1) is 17.3 Å². The third-order valence-corrected chi connectivity index (χ3v) is 4.68. The van der Waals surface area contributed by atoms with Gasteiger partial charge in [-0.25, -0.2) is 9.97 Å². The van der Waals surface area contributed by atoms with E-state index < -0.39 is 0 Å². The number of carbonyl (C=O) groups is 1. The van der Waals surface area contributed by atoms with Gasteiger partial charge in [-0.2, -0.15) is 0 Å². The molecule has 5 heteroatoms. The number of hydrogen-bond donors (Lipinski definition) is 1. The highest BCUT2D eigenvalue weighted by atomic mass is 16.1. The molecule has 3 rings (SSSR count). The molecule has 1 fully saturated rings. The van der Waals surface area contributed by atoms with Crippen molar-refractivity contribution in [2.24, 2.45) is 0 Å². The largest absolute Gasteiger partial charge is 0.348 e. The summed E-state index contributed by atoms with van der Waals surface area (Å²) < 4.78 is 0. The molecule has 0 radical (unpaired) electrons. The number of carbonyl (C=O) groups excluding carboxylic acids is 1. The summed E-state index contributed by atoms with van der Waals surface area (Å²) in [6, 6.07) is 10.3. The summed E-state index contributed by atoms with van der Waals surface area (Å²) in [6.45, 7) is 3.91. The molecule has 2 aromatic rings. The zero-order valence-corrected chi connectivity index (χ0v) is 15.4. The molecule has 0 bridgehead atoms. The molecule has 2 unspecified atom stereocenters. The van der Waals surface area contributed by atoms with Crippen LogP contribution < -0.4 is 5.32 Å². The normalized spacial score (nSPS) is 16.5. The van der Waals surface area contributed by atoms with E-state index in [1.54, 1.807) is 6.20 Å². The second kappa shape index (κ2) is 7.31. The summed E-state index contributed by atoms with van der Waals surface area (Å²) in [4.78, 5) is 23.8. The number of nitrogens with zero attached hydrogens (tertiary/aromatic N) is 3. The lowest BCUT2D eigenvalue weighted by atomic mass is 9.99. The lowest BCUT2D eigenvalue weighted by Crippen LogP contribution is -2.42. The Morgan fingerprint density at radius 2 is 1.92 bits per heavy atom. The molecule has 1 aromatic carbocycles. The molecule has 1 amide bonds. The van der Waals surface area contributed by atoms with Crippen molar-refractivity contribution in [3.63, 3.8) is 0 Å². The number of aryl methyl sites for hydroxylation is 1. The average molecular weight is 338 g/mol. The molecule has 1 aliphatic carbocycles. The highest BCUT2D eigenvalue weighted by Crippen LogP contribution is 2.40. The molecule has 0 spiro atoms. The topological polar surface area (TPSA) is 58.1 Å². The Labute approximate surface area is 149 Å². The zero-order valence-electron chi connectivity index (χ0n) is 15.4. The van der Waals surface area contributed by atoms with E-state index in [-0.39, 0.29) is 18.0 Å². The Bertz CT molecular complexity index is 741. The minimum Gasteiger partial charge on any atom is -0.348 e. The van der Waals surface area contributed by atoms with E-state index in [1.807, 2.05) is 46.1 Å². The van der Waals surface area contributed by atoms with Crippen molar-refractivity contribution in [1.29, 1.82) is 0 Å². The predicted molar refractivity (Wildman–Crippen MR) is 98.5 cm³/mol. The number of benzene rings is 1. The Morgan fingerprint density at radius 3 is 2.52 bits per heavy atom. The van der Waals surface area contributed by atoms with Crippen LogP contribution in [0.5, 0.6) is 0 Å². The van der Waals surface area contributed by atoms with Crippen molar-refractivity contribution < 1.29 is 4.79 Å². The maximum absolute atomic E-state index is 12.9. The molecule has 5 nitrogen and oxygen atoms in total. The quantitative estimate of drug-likeness (QED) is 0.879. The van der Waals surface area contributed by atoms with Crippen LogP contribution in [0.3, 0.4) is 0 Å². The number of amides is 1. The minimum atomic E-state index is -0.0859. The first-order chi connectivity index (χ1) is 12.0. The number of nitrogens with one attached hydrogen (secondary N) is 1. The van der Waals surface area contributed by atoms with Gasteiger partial charge in [0.25, 0.3) is 5.91 Å². The van der Waals surface area contributed by atoms with E-state index in [0.29, 0.717) is 11.5 Å². The fraction of sp³-hybridized carbons (Fsp3) is 0.450. The van der Waals surface area contributed by atoms with Gasteiger partial charge >= 0.3 is 0 Å². The maximum Gasteiger partial charge on any atom is 0.254 e. The van der Waals surface area contributed by atoms with Crippen molar-refractivity contribution in [1.82, 2.24) is 20.2 Å². The van der Waals surface area contributed by atoms with Crippen molar-refractivity contribution >= 4 is 5.91 Å². The average Bonchev–Trinajstić information content (AvgIpc) is 3.40. The first-order valence-corrected chi connectivity index (χ1v) is 8.83. The van der Waals surface area contributed by atoms with Crippen LogP contribution in [0.25, 0.3) is 0 Å². The van der Waals surface area contributed by atoms with E-state index in [2.05, 4.69) is 32.3 Å². The van der Waals surface area contributed by atoms with Gasteiger partial charge < -0.3 is 10.2 Å². The first kappa shape index (κ1) is 17.5. The Kier molecular flexibility index (Phi) is 5.13. The smallest absolute Gasteiger partial charge is 0.254 e. The van der Waals surface area contributed by atoms with Gasteiger partial charge in [-0.15, -0.1) is 0 Å². The third-order valence-electron chi connectivity index (χ3n) is 4.68. The molecular formula is C20H26N4O. The number of likely N-dealkylation sites (N-methyl/N-ethyl adjacent to an activating group) is 1. The van der Waals surface area contributed by atoms with Crippen molar-refractivity contribution in [2.45, 2.75) is 44.7 Å². The molecule has 1 aliphatic rings. The van der Waals surface area contributed by atoms with Crippen LogP contribution in [0.1, 0.15) is 59.2 Å². The zero-order chi connectivity index (χ0) is 18.0. The summed E-state index contributed by atoms with van der Waals surface area (Å²) in [5, 5.41) is 3.16. The van der Waals surface area contributed by atoms with Gasteiger partial charge in [-0.3, -0.25) is 4.79 Å². The van der Waals surface area contributed by atoms with Crippen LogP contribution >= 0.6 is 0 Å². The van der Waals surface area contributed by atoms with E-state index in [0.717, 1.165) is 24.4 Å². The standard InChI is InChI=1S/C20H26N4O/c1-13(19(24(3)4)16-8-6-5-7-9-16)22-20(25)17-12-21-14(2)23-18(17)15-10-11-15/h5-9,12-13,15,19H,10-11H2,1-4H3,(H,22,25). The van der Waals surface area contributed by atoms with Gasteiger partial charge in [0.15, 0.2) is 0 Å². The summed E-state index contributed by atoms with van der Waals surface area (Å²) in [7, 11) is 4.07. The van der Waals surface area contributed by atoms with Crippen LogP contribution in [-0.4, -0.2) is 40.9 Å². The van der Waals surface area contributed by atoms with Crippen molar-refractivity contribution in [3.8, 4) is 0 Å². The second-order valence-electron chi connectivity index (χ2n) is 7.07. The lowest BCUT2D eigenvalue weighted by Gasteiger charge is -2.31. The number of rotatable bonds is 6. The van der Waals surface area contributed by atoms with E-state index in [1.165, 1.54) is 5.56 Å². The fourth-order valence-corrected chi connectivity index (χ4v) is 3.38. The highest BCUT2D eigenvalue weighted by molar-refractivity contribution is 5.95. The Balaban J connectivity index is 1.80. The third kappa shape index (κ3) is 4.04. The molecule has 2 atom stereocenters. The Hall–Kier alpha value is -2.27. The molecule has 1 saturated carbocycles. The summed E-state index contributed by atoms with van der Waals surface area (Å²) in [5.74, 6) is 1.05. The van der Waals surface area contributed by atoms with Crippen LogP contribution in [0.2, 0.25) is 0 Å². The molecule has 0 saturated heterocycles. The highest BCUT2D eigenvalue weighted by Gasteiger charge is 2.31. The SMILES string of the molecule is Cc1ncc(C(=O)NC(C)C(c2ccccc2)N(C)C)c(C2CC2)n1. The monoisotopic (exact) mass is 338 g/mol. The molecule has 132 valence electrons. The number of hydrogen-bond acceptors (Lipinski definition) is 4. The Morgan fingerprint density at radius 1 is 1.24 bits per heavy atom. The molecule has 1 aromatic heterocycles. The van der Waals surface area contributed by atoms with Gasteiger partial charge in [0.1, 0.15) is 5.82 Å². The fourth-order valence-electron chi connectivity index (χ4n) is 3.38. The predicted octanol–water partition coefficient (Wildman–Crippen LogP) is 3.08. The summed E-state index contributed by atoms with van der Waals surface area (Å²) in [5.41, 5.74) is 2.70. The summed E-state index contributed by atoms with van der Waals surface area (Å²) in [6.07, 6.45) is 3.89. The van der Waals surface area contributed by atoms with Crippen LogP contribution in [0.4, 0.5) is 0 Å². The lowest BCUT2D eigenvalue weighted by molar-refractivity contribution is 0.0913. The molecule has 1 heterocycles. The van der Waals surface area contributed by atoms with Gasteiger partial charge in [0, 0.05) is 18.2 Å². The van der Waals surface area contributed by atoms with E-state index >= 15 is 0 Å². The maximum atomic E-state index is 12.9. The number of aromatic nitrogens is 2. The van der Waals surface area contributed by atoms with Gasteiger partial charge in [0.2, 0.25) is 0 Å². The van der Waals surface area contributed by atoms with Crippen molar-refractivity contribution in [3.05, 3.63) is 59.2 Å². The summed E-state index contributed by atoms with van der Waals surface area (Å²) >= 11 is 0. The van der Waals surface area contributed by atoms with Gasteiger partial charge in [-0.1, -0.05) is 30.3 Å². The molecule has 0 aliphatic heterocycles. The van der Waals surface area contributed by atoms with Crippen molar-refractivity contribution in [2.75, 3.05) is 14.1 Å². The molecule has 1 N–H and O–H groups in total. The molecular weight excluding hydrogens is 312 g/mol. The van der Waals surface area contributed by atoms with Crippen LogP contribution in [0, 0.1) is 6.92 Å². The van der Waals surface area contributed by atoms with Crippen LogP contribution in [-0.2, 0) is 0 Å². The first-order valence-electron chi connectivity index (χ1n) is 8.83. The van der Waals surface area contributed by atoms with Crippen LogP contribution in [0.15, 0.2) is 36.5 Å². The minimum absolute atomic E-state index is 0.0433. The van der Waals surface area contributed by atoms with E-state index in [9.17, 15) is 4.79 Å². The second-order valence-corrected chi connectivity index (χ2v) is 7.07. The van der Waals surface area contributed by atoms with Gasteiger partial charge in [-0.05, 0) is 46.3 Å².